The first-order valence-corrected chi connectivity index (χ1v) is 6.65. The molecule has 0 bridgehead atoms. The monoisotopic (exact) mass is 285 g/mol. The predicted molar refractivity (Wildman–Crippen MR) is 81.1 cm³/mol. The first-order chi connectivity index (χ1) is 10.2. The lowest BCUT2D eigenvalue weighted by molar-refractivity contribution is -0.137. The van der Waals surface area contributed by atoms with Gasteiger partial charge in [0.25, 0.3) is 0 Å². The van der Waals surface area contributed by atoms with Crippen molar-refractivity contribution in [3.05, 3.63) is 72.1 Å². The quantitative estimate of drug-likeness (QED) is 0.670. The van der Waals surface area contributed by atoms with Crippen LogP contribution in [0.25, 0.3) is 5.70 Å². The molecule has 2 aromatic carbocycles. The Morgan fingerprint density at radius 2 is 1.95 bits per heavy atom. The molecule has 0 saturated heterocycles. The first kappa shape index (κ1) is 14.8. The Hall–Kier alpha value is -2.62. The average molecular weight is 285 g/mol. The standard InChI is InChI=1S/C17H16FNO2/c1-2-21-17(20)12-16(13-7-4-3-5-8-13)19-15-10-6-9-14(18)11-15/h3-12,19H,2H2,1H3. The summed E-state index contributed by atoms with van der Waals surface area (Å²) in [6.07, 6.45) is 1.36. The summed E-state index contributed by atoms with van der Waals surface area (Å²) in [6.45, 7) is 2.05. The summed E-state index contributed by atoms with van der Waals surface area (Å²) >= 11 is 0. The van der Waals surface area contributed by atoms with Gasteiger partial charge in [-0.05, 0) is 30.7 Å². The minimum absolute atomic E-state index is 0.303. The Bertz CT molecular complexity index is 638. The van der Waals surface area contributed by atoms with Crippen molar-refractivity contribution in [1.29, 1.82) is 0 Å². The Balaban J connectivity index is 2.30. The van der Waals surface area contributed by atoms with Crippen molar-refractivity contribution in [2.75, 3.05) is 11.9 Å². The number of nitrogens with one attached hydrogen (secondary N) is 1. The number of esters is 1. The Labute approximate surface area is 123 Å². The van der Waals surface area contributed by atoms with Crippen LogP contribution in [-0.4, -0.2) is 12.6 Å². The molecule has 0 radical (unpaired) electrons. The summed E-state index contributed by atoms with van der Waals surface area (Å²) < 4.78 is 18.2. The number of benzene rings is 2. The number of rotatable bonds is 5. The summed E-state index contributed by atoms with van der Waals surface area (Å²) in [6, 6.07) is 15.4. The van der Waals surface area contributed by atoms with E-state index >= 15 is 0 Å². The normalized spacial score (nSPS) is 11.0. The molecule has 3 nitrogen and oxygen atoms in total. The van der Waals surface area contributed by atoms with Gasteiger partial charge in [0.1, 0.15) is 5.82 Å². The third-order valence-corrected chi connectivity index (χ3v) is 2.74. The fourth-order valence-electron chi connectivity index (χ4n) is 1.83. The van der Waals surface area contributed by atoms with E-state index in [1.54, 1.807) is 19.1 Å². The maximum atomic E-state index is 13.3. The molecule has 4 heteroatoms. The van der Waals surface area contributed by atoms with Crippen molar-refractivity contribution in [3.8, 4) is 0 Å². The second kappa shape index (κ2) is 7.24. The van der Waals surface area contributed by atoms with Crippen molar-refractivity contribution < 1.29 is 13.9 Å². The molecule has 0 fully saturated rings. The molecule has 0 aliphatic rings. The van der Waals surface area contributed by atoms with Gasteiger partial charge in [-0.15, -0.1) is 0 Å². The van der Waals surface area contributed by atoms with Gasteiger partial charge < -0.3 is 10.1 Å². The molecular weight excluding hydrogens is 269 g/mol. The zero-order valence-corrected chi connectivity index (χ0v) is 11.7. The highest BCUT2D eigenvalue weighted by Gasteiger charge is 2.06. The van der Waals surface area contributed by atoms with E-state index in [0.29, 0.717) is 18.0 Å². The van der Waals surface area contributed by atoms with E-state index in [9.17, 15) is 9.18 Å². The SMILES string of the molecule is CCOC(=O)C=C(Nc1cccc(F)c1)c1ccccc1. The van der Waals surface area contributed by atoms with Crippen LogP contribution in [0, 0.1) is 5.82 Å². The molecular formula is C17H16FNO2. The maximum absolute atomic E-state index is 13.3. The van der Waals surface area contributed by atoms with Crippen LogP contribution in [0.5, 0.6) is 0 Å². The van der Waals surface area contributed by atoms with Crippen molar-refractivity contribution in [2.24, 2.45) is 0 Å². The highest BCUT2D eigenvalue weighted by Crippen LogP contribution is 2.19. The number of carbonyl (C=O) groups is 1. The van der Waals surface area contributed by atoms with Crippen molar-refractivity contribution in [2.45, 2.75) is 6.92 Å². The molecule has 108 valence electrons. The minimum Gasteiger partial charge on any atom is -0.463 e. The number of carbonyl (C=O) groups excluding carboxylic acids is 1. The zero-order valence-electron chi connectivity index (χ0n) is 11.7. The van der Waals surface area contributed by atoms with Crippen LogP contribution in [-0.2, 0) is 9.53 Å². The van der Waals surface area contributed by atoms with E-state index in [1.807, 2.05) is 30.3 Å². The van der Waals surface area contributed by atoms with Gasteiger partial charge in [0.2, 0.25) is 0 Å². The Morgan fingerprint density at radius 1 is 1.19 bits per heavy atom. The number of anilines is 1. The molecule has 0 heterocycles. The van der Waals surface area contributed by atoms with Crippen LogP contribution in [0.3, 0.4) is 0 Å². The van der Waals surface area contributed by atoms with E-state index in [4.69, 9.17) is 4.74 Å². The smallest absolute Gasteiger partial charge is 0.332 e. The fraction of sp³-hybridized carbons (Fsp3) is 0.118. The lowest BCUT2D eigenvalue weighted by Crippen LogP contribution is -2.06. The van der Waals surface area contributed by atoms with Gasteiger partial charge >= 0.3 is 5.97 Å². The van der Waals surface area contributed by atoms with E-state index in [2.05, 4.69) is 5.32 Å². The number of hydrogen-bond acceptors (Lipinski definition) is 3. The van der Waals surface area contributed by atoms with Crippen LogP contribution < -0.4 is 5.32 Å². The lowest BCUT2D eigenvalue weighted by Gasteiger charge is -2.11. The summed E-state index contributed by atoms with van der Waals surface area (Å²) in [4.78, 5) is 11.7. The Kier molecular flexibility index (Phi) is 5.10. The summed E-state index contributed by atoms with van der Waals surface area (Å²) in [5, 5.41) is 3.05. The van der Waals surface area contributed by atoms with Crippen molar-refractivity contribution in [3.63, 3.8) is 0 Å². The van der Waals surface area contributed by atoms with Gasteiger partial charge in [0.15, 0.2) is 0 Å². The molecule has 21 heavy (non-hydrogen) atoms. The van der Waals surface area contributed by atoms with Crippen LogP contribution in [0.2, 0.25) is 0 Å². The number of hydrogen-bond donors (Lipinski definition) is 1. The van der Waals surface area contributed by atoms with Crippen LogP contribution in [0.1, 0.15) is 12.5 Å². The third kappa shape index (κ3) is 4.45. The van der Waals surface area contributed by atoms with E-state index in [0.717, 1.165) is 5.56 Å². The Morgan fingerprint density at radius 3 is 2.62 bits per heavy atom. The van der Waals surface area contributed by atoms with Gasteiger partial charge in [-0.1, -0.05) is 36.4 Å². The first-order valence-electron chi connectivity index (χ1n) is 6.65. The minimum atomic E-state index is -0.444. The lowest BCUT2D eigenvalue weighted by atomic mass is 10.1. The molecule has 0 amide bonds. The van der Waals surface area contributed by atoms with Crippen molar-refractivity contribution >= 4 is 17.4 Å². The van der Waals surface area contributed by atoms with E-state index < -0.39 is 5.97 Å². The average Bonchev–Trinajstić information content (AvgIpc) is 2.48. The molecule has 2 aromatic rings. The number of halogens is 1. The van der Waals surface area contributed by atoms with Crippen molar-refractivity contribution in [1.82, 2.24) is 0 Å². The van der Waals surface area contributed by atoms with Crippen LogP contribution in [0.15, 0.2) is 60.7 Å². The molecule has 0 saturated carbocycles. The summed E-state index contributed by atoms with van der Waals surface area (Å²) in [5.74, 6) is -0.788. The highest BCUT2D eigenvalue weighted by atomic mass is 19.1. The molecule has 1 N–H and O–H groups in total. The molecule has 0 aliphatic heterocycles. The summed E-state index contributed by atoms with van der Waals surface area (Å²) in [7, 11) is 0. The third-order valence-electron chi connectivity index (χ3n) is 2.74. The molecule has 0 aliphatic carbocycles. The van der Waals surface area contributed by atoms with Gasteiger partial charge in [-0.25, -0.2) is 9.18 Å². The van der Waals surface area contributed by atoms with Gasteiger partial charge in [0.05, 0.1) is 12.3 Å². The molecule has 2 rings (SSSR count). The topological polar surface area (TPSA) is 38.3 Å². The maximum Gasteiger partial charge on any atom is 0.332 e. The molecule has 0 atom stereocenters. The second-order valence-electron chi connectivity index (χ2n) is 4.31. The zero-order chi connectivity index (χ0) is 15.1. The van der Waals surface area contributed by atoms with Gasteiger partial charge in [-0.3, -0.25) is 0 Å². The fourth-order valence-corrected chi connectivity index (χ4v) is 1.83. The largest absolute Gasteiger partial charge is 0.463 e. The number of ether oxygens (including phenoxy) is 1. The summed E-state index contributed by atoms with van der Waals surface area (Å²) in [5.41, 5.74) is 1.93. The van der Waals surface area contributed by atoms with E-state index in [1.165, 1.54) is 18.2 Å². The highest BCUT2D eigenvalue weighted by molar-refractivity contribution is 5.94. The van der Waals surface area contributed by atoms with Gasteiger partial charge in [0, 0.05) is 11.8 Å². The molecule has 0 spiro atoms. The van der Waals surface area contributed by atoms with E-state index in [-0.39, 0.29) is 5.82 Å². The second-order valence-corrected chi connectivity index (χ2v) is 4.31. The van der Waals surface area contributed by atoms with Crippen LogP contribution >= 0.6 is 0 Å². The van der Waals surface area contributed by atoms with Crippen LogP contribution in [0.4, 0.5) is 10.1 Å². The predicted octanol–water partition coefficient (Wildman–Crippen LogP) is 3.84. The molecule has 0 unspecified atom stereocenters. The van der Waals surface area contributed by atoms with Gasteiger partial charge in [-0.2, -0.15) is 0 Å². The molecule has 0 aromatic heterocycles.